The molecule has 4 rings (SSSR count). The Balaban J connectivity index is 1.89. The van der Waals surface area contributed by atoms with E-state index in [1.54, 1.807) is 17.4 Å². The molecule has 0 fully saturated rings. The van der Waals surface area contributed by atoms with Crippen LogP contribution in [0.25, 0.3) is 0 Å². The van der Waals surface area contributed by atoms with E-state index in [0.29, 0.717) is 5.69 Å². The van der Waals surface area contributed by atoms with Crippen molar-refractivity contribution in [2.45, 2.75) is 12.5 Å². The van der Waals surface area contributed by atoms with Gasteiger partial charge in [-0.05, 0) is 35.6 Å². The normalized spacial score (nSPS) is 19.3. The molecule has 2 aliphatic rings. The maximum absolute atomic E-state index is 12.5. The van der Waals surface area contributed by atoms with Crippen molar-refractivity contribution in [1.29, 1.82) is 0 Å². The highest BCUT2D eigenvalue weighted by atomic mass is 32.1. The fourth-order valence-corrected chi connectivity index (χ4v) is 4.04. The van der Waals surface area contributed by atoms with Gasteiger partial charge in [-0.3, -0.25) is 4.79 Å². The Morgan fingerprint density at radius 3 is 3.05 bits per heavy atom. The molecule has 1 unspecified atom stereocenters. The molecule has 0 aliphatic carbocycles. The summed E-state index contributed by atoms with van der Waals surface area (Å²) in [6.45, 7) is 0.724. The lowest BCUT2D eigenvalue weighted by Crippen LogP contribution is -2.45. The first kappa shape index (κ1) is 12.4. The van der Waals surface area contributed by atoms with Crippen molar-refractivity contribution in [3.05, 3.63) is 45.6 Å². The van der Waals surface area contributed by atoms with Crippen molar-refractivity contribution in [2.75, 3.05) is 16.8 Å². The van der Waals surface area contributed by atoms with Gasteiger partial charge in [-0.15, -0.1) is 11.3 Å². The Kier molecular flexibility index (Phi) is 2.56. The van der Waals surface area contributed by atoms with E-state index in [0.717, 1.165) is 24.2 Å². The highest BCUT2D eigenvalue weighted by Gasteiger charge is 2.39. The SMILES string of the molecule is O=C(O)c1cccc2c1NC(=O)C1c3ccsc3CCN21. The largest absolute Gasteiger partial charge is 0.478 e. The van der Waals surface area contributed by atoms with Gasteiger partial charge in [-0.25, -0.2) is 4.79 Å². The Morgan fingerprint density at radius 2 is 2.24 bits per heavy atom. The van der Waals surface area contributed by atoms with Gasteiger partial charge >= 0.3 is 5.97 Å². The zero-order valence-electron chi connectivity index (χ0n) is 11.0. The van der Waals surface area contributed by atoms with Crippen LogP contribution in [0.5, 0.6) is 0 Å². The summed E-state index contributed by atoms with van der Waals surface area (Å²) >= 11 is 1.67. The van der Waals surface area contributed by atoms with Gasteiger partial charge in [-0.1, -0.05) is 6.07 Å². The molecule has 0 saturated heterocycles. The fourth-order valence-electron chi connectivity index (χ4n) is 3.14. The summed E-state index contributed by atoms with van der Waals surface area (Å²) in [5.41, 5.74) is 2.37. The average molecular weight is 300 g/mol. The number of para-hydroxylation sites is 1. The van der Waals surface area contributed by atoms with Crippen LogP contribution in [0.3, 0.4) is 0 Å². The van der Waals surface area contributed by atoms with Crippen LogP contribution >= 0.6 is 11.3 Å². The van der Waals surface area contributed by atoms with Crippen molar-refractivity contribution in [2.24, 2.45) is 0 Å². The molecule has 2 aromatic rings. The van der Waals surface area contributed by atoms with Crippen LogP contribution in [0, 0.1) is 0 Å². The predicted molar refractivity (Wildman–Crippen MR) is 80.1 cm³/mol. The smallest absolute Gasteiger partial charge is 0.337 e. The summed E-state index contributed by atoms with van der Waals surface area (Å²) in [6.07, 6.45) is 0.882. The molecule has 0 bridgehead atoms. The third kappa shape index (κ3) is 1.69. The molecule has 0 radical (unpaired) electrons. The summed E-state index contributed by atoms with van der Waals surface area (Å²) < 4.78 is 0. The van der Waals surface area contributed by atoms with E-state index in [9.17, 15) is 14.7 Å². The van der Waals surface area contributed by atoms with Crippen LogP contribution in [-0.4, -0.2) is 23.5 Å². The van der Waals surface area contributed by atoms with Crippen molar-refractivity contribution in [3.8, 4) is 0 Å². The number of nitrogens with zero attached hydrogens (tertiary/aromatic N) is 1. The second kappa shape index (κ2) is 4.33. The number of carbonyl (C=O) groups excluding carboxylic acids is 1. The van der Waals surface area contributed by atoms with Crippen LogP contribution in [0.1, 0.15) is 26.8 Å². The molecular weight excluding hydrogens is 288 g/mol. The monoisotopic (exact) mass is 300 g/mol. The number of carboxylic acids is 1. The number of anilines is 2. The minimum absolute atomic E-state index is 0.135. The molecule has 1 atom stereocenters. The number of hydrogen-bond donors (Lipinski definition) is 2. The van der Waals surface area contributed by atoms with E-state index in [1.165, 1.54) is 10.9 Å². The van der Waals surface area contributed by atoms with E-state index in [1.807, 2.05) is 22.4 Å². The second-order valence-electron chi connectivity index (χ2n) is 5.14. The van der Waals surface area contributed by atoms with E-state index in [4.69, 9.17) is 0 Å². The first-order valence-corrected chi connectivity index (χ1v) is 7.55. The standard InChI is InChI=1S/C15H12N2O3S/c18-14-13-8-5-7-21-11(8)4-6-17(13)10-3-1-2-9(15(19)20)12(10)16-14/h1-3,5,7,13H,4,6H2,(H,16,18)(H,19,20). The number of thiophene rings is 1. The number of carboxylic acid groups (broad SMARTS) is 1. The molecule has 1 aromatic carbocycles. The highest BCUT2D eigenvalue weighted by Crippen LogP contribution is 2.44. The van der Waals surface area contributed by atoms with E-state index < -0.39 is 5.97 Å². The number of rotatable bonds is 1. The van der Waals surface area contributed by atoms with Gasteiger partial charge in [0.25, 0.3) is 5.91 Å². The summed E-state index contributed by atoms with van der Waals surface area (Å²) in [5, 5.41) is 14.1. The maximum Gasteiger partial charge on any atom is 0.337 e. The van der Waals surface area contributed by atoms with Gasteiger partial charge in [0.2, 0.25) is 0 Å². The number of fused-ring (bicyclic) bond motifs is 5. The molecule has 2 aliphatic heterocycles. The zero-order valence-corrected chi connectivity index (χ0v) is 11.8. The molecule has 1 amide bonds. The molecule has 106 valence electrons. The molecule has 2 N–H and O–H groups in total. The van der Waals surface area contributed by atoms with Crippen molar-refractivity contribution in [1.82, 2.24) is 0 Å². The third-order valence-corrected chi connectivity index (χ3v) is 5.04. The molecule has 0 spiro atoms. The minimum atomic E-state index is -1.03. The first-order chi connectivity index (χ1) is 10.2. The molecule has 3 heterocycles. The van der Waals surface area contributed by atoms with Gasteiger partial charge < -0.3 is 15.3 Å². The lowest BCUT2D eigenvalue weighted by atomic mass is 9.94. The quantitative estimate of drug-likeness (QED) is 0.849. The molecular formula is C15H12N2O3S. The van der Waals surface area contributed by atoms with E-state index in [2.05, 4.69) is 5.32 Å². The van der Waals surface area contributed by atoms with Crippen LogP contribution in [0.15, 0.2) is 29.6 Å². The Hall–Kier alpha value is -2.34. The van der Waals surface area contributed by atoms with Crippen molar-refractivity contribution in [3.63, 3.8) is 0 Å². The molecule has 21 heavy (non-hydrogen) atoms. The third-order valence-electron chi connectivity index (χ3n) is 4.04. The number of hydrogen-bond acceptors (Lipinski definition) is 4. The zero-order chi connectivity index (χ0) is 14.6. The van der Waals surface area contributed by atoms with Crippen molar-refractivity contribution >= 4 is 34.6 Å². The molecule has 5 nitrogen and oxygen atoms in total. The Bertz CT molecular complexity index is 768. The van der Waals surface area contributed by atoms with Gasteiger partial charge in [0, 0.05) is 11.4 Å². The van der Waals surface area contributed by atoms with Crippen LogP contribution < -0.4 is 10.2 Å². The molecule has 0 saturated carbocycles. The first-order valence-electron chi connectivity index (χ1n) is 6.67. The Morgan fingerprint density at radius 1 is 1.38 bits per heavy atom. The summed E-state index contributed by atoms with van der Waals surface area (Å²) in [4.78, 5) is 27.1. The number of benzene rings is 1. The summed E-state index contributed by atoms with van der Waals surface area (Å²) in [5.74, 6) is -1.19. The molecule has 6 heteroatoms. The van der Waals surface area contributed by atoms with Crippen molar-refractivity contribution < 1.29 is 14.7 Å². The predicted octanol–water partition coefficient (Wildman–Crippen LogP) is 2.50. The van der Waals surface area contributed by atoms with E-state index in [-0.39, 0.29) is 17.5 Å². The van der Waals surface area contributed by atoms with Gasteiger partial charge in [-0.2, -0.15) is 0 Å². The lowest BCUT2D eigenvalue weighted by molar-refractivity contribution is -0.117. The lowest BCUT2D eigenvalue weighted by Gasteiger charge is -2.41. The number of carbonyl (C=O) groups is 2. The van der Waals surface area contributed by atoms with Crippen LogP contribution in [0.4, 0.5) is 11.4 Å². The van der Waals surface area contributed by atoms with Gasteiger partial charge in [0.15, 0.2) is 0 Å². The second-order valence-corrected chi connectivity index (χ2v) is 6.14. The van der Waals surface area contributed by atoms with Gasteiger partial charge in [0.05, 0.1) is 16.9 Å². The summed E-state index contributed by atoms with van der Waals surface area (Å²) in [7, 11) is 0. The minimum Gasteiger partial charge on any atom is -0.478 e. The average Bonchev–Trinajstić information content (AvgIpc) is 2.94. The maximum atomic E-state index is 12.5. The summed E-state index contributed by atoms with van der Waals surface area (Å²) in [6, 6.07) is 6.74. The number of aromatic carboxylic acids is 1. The fraction of sp³-hybridized carbons (Fsp3) is 0.200. The Labute approximate surface area is 124 Å². The topological polar surface area (TPSA) is 69.6 Å². The van der Waals surface area contributed by atoms with Crippen LogP contribution in [0.2, 0.25) is 0 Å². The van der Waals surface area contributed by atoms with Gasteiger partial charge in [0.1, 0.15) is 6.04 Å². The molecule has 1 aromatic heterocycles. The number of amides is 1. The van der Waals surface area contributed by atoms with Crippen LogP contribution in [-0.2, 0) is 11.2 Å². The number of nitrogens with one attached hydrogen (secondary N) is 1. The highest BCUT2D eigenvalue weighted by molar-refractivity contribution is 7.10. The van der Waals surface area contributed by atoms with E-state index >= 15 is 0 Å².